The molecule has 2 fully saturated rings. The molecule has 1 saturated carbocycles. The largest absolute Gasteiger partial charge is 0.383 e. The molecule has 1 unspecified atom stereocenters. The molecule has 2 amide bonds. The summed E-state index contributed by atoms with van der Waals surface area (Å²) < 4.78 is 2.38. The highest BCUT2D eigenvalue weighted by Crippen LogP contribution is 2.48. The van der Waals surface area contributed by atoms with Crippen LogP contribution in [0.2, 0.25) is 0 Å². The molecule has 2 aliphatic rings. The molecule has 3 aromatic rings. The highest BCUT2D eigenvalue weighted by Gasteiger charge is 2.56. The molecule has 3 aromatic heterocycles. The van der Waals surface area contributed by atoms with Crippen molar-refractivity contribution >= 4 is 50.4 Å². The molecule has 10 heteroatoms. The van der Waals surface area contributed by atoms with Gasteiger partial charge >= 0.3 is 0 Å². The van der Waals surface area contributed by atoms with Gasteiger partial charge in [-0.15, -0.1) is 0 Å². The number of hydrogen-bond donors (Lipinski definition) is 2. The second kappa shape index (κ2) is 6.80. The average Bonchev–Trinajstić information content (AvgIpc) is 3.15. The molecular weight excluding hydrogens is 438 g/mol. The number of likely N-dealkylation sites (tertiary alicyclic amines) is 1. The van der Waals surface area contributed by atoms with E-state index in [9.17, 15) is 9.59 Å². The van der Waals surface area contributed by atoms with Crippen LogP contribution >= 0.6 is 15.9 Å². The lowest BCUT2D eigenvalue weighted by Crippen LogP contribution is -2.46. The standard InChI is InChI=1S/C19H18BrN7O2/c20-14-2-1-3-15(24-14)25-19(29)13-7-10-6-12(10)27(13)16(28)8-26-5-4-11-17(21)22-9-23-18(11)26/h1-5,9-10,12-13H,6-8H2,(H2,21,22,23)(H,24,25,29)/t10-,12?,13+/m1/s1. The summed E-state index contributed by atoms with van der Waals surface area (Å²) >= 11 is 3.30. The van der Waals surface area contributed by atoms with Crippen molar-refractivity contribution in [3.05, 3.63) is 41.4 Å². The minimum Gasteiger partial charge on any atom is -0.383 e. The van der Waals surface area contributed by atoms with Crippen LogP contribution in [0.15, 0.2) is 41.4 Å². The first-order valence-corrected chi connectivity index (χ1v) is 10.1. The lowest BCUT2D eigenvalue weighted by molar-refractivity contribution is -0.138. The number of fused-ring (bicyclic) bond motifs is 2. The molecular formula is C19H18BrN7O2. The van der Waals surface area contributed by atoms with E-state index in [2.05, 4.69) is 36.2 Å². The van der Waals surface area contributed by atoms with Crippen molar-refractivity contribution in [2.24, 2.45) is 5.92 Å². The van der Waals surface area contributed by atoms with Gasteiger partial charge in [0.15, 0.2) is 0 Å². The zero-order valence-corrected chi connectivity index (χ0v) is 16.9. The lowest BCUT2D eigenvalue weighted by atomic mass is 10.1. The van der Waals surface area contributed by atoms with E-state index in [4.69, 9.17) is 5.73 Å². The van der Waals surface area contributed by atoms with E-state index in [1.165, 1.54) is 6.33 Å². The molecule has 29 heavy (non-hydrogen) atoms. The zero-order valence-electron chi connectivity index (χ0n) is 15.3. The number of halogens is 1. The molecule has 0 spiro atoms. The van der Waals surface area contributed by atoms with Crippen molar-refractivity contribution in [1.29, 1.82) is 0 Å². The van der Waals surface area contributed by atoms with Gasteiger partial charge < -0.3 is 20.5 Å². The maximum absolute atomic E-state index is 13.1. The van der Waals surface area contributed by atoms with Crippen LogP contribution in [0.4, 0.5) is 11.6 Å². The maximum Gasteiger partial charge on any atom is 0.248 e. The first-order chi connectivity index (χ1) is 14.0. The number of nitrogens with two attached hydrogens (primary N) is 1. The molecule has 0 aromatic carbocycles. The number of aromatic nitrogens is 4. The third-order valence-electron chi connectivity index (χ3n) is 5.55. The number of piperidine rings is 1. The van der Waals surface area contributed by atoms with Gasteiger partial charge in [0.1, 0.15) is 40.8 Å². The molecule has 3 atom stereocenters. The van der Waals surface area contributed by atoms with Crippen LogP contribution in [-0.4, -0.2) is 48.3 Å². The van der Waals surface area contributed by atoms with E-state index in [1.54, 1.807) is 39.9 Å². The second-order valence-corrected chi connectivity index (χ2v) is 8.20. The third-order valence-corrected chi connectivity index (χ3v) is 6.00. The molecule has 1 aliphatic carbocycles. The number of hydrogen-bond acceptors (Lipinski definition) is 6. The molecule has 4 heterocycles. The molecule has 5 rings (SSSR count). The predicted octanol–water partition coefficient (Wildman–Crippen LogP) is 1.80. The van der Waals surface area contributed by atoms with Gasteiger partial charge in [0, 0.05) is 12.2 Å². The van der Waals surface area contributed by atoms with Crippen molar-refractivity contribution in [3.8, 4) is 0 Å². The maximum atomic E-state index is 13.1. The van der Waals surface area contributed by atoms with Crippen LogP contribution in [0.3, 0.4) is 0 Å². The summed E-state index contributed by atoms with van der Waals surface area (Å²) in [4.78, 5) is 40.2. The molecule has 0 radical (unpaired) electrons. The van der Waals surface area contributed by atoms with Gasteiger partial charge in [0.25, 0.3) is 0 Å². The number of nitrogen functional groups attached to an aromatic ring is 1. The van der Waals surface area contributed by atoms with E-state index in [1.807, 2.05) is 0 Å². The lowest BCUT2D eigenvalue weighted by Gasteiger charge is -2.27. The molecule has 9 nitrogen and oxygen atoms in total. The van der Waals surface area contributed by atoms with Crippen LogP contribution < -0.4 is 11.1 Å². The first kappa shape index (κ1) is 18.0. The Morgan fingerprint density at radius 2 is 2.10 bits per heavy atom. The van der Waals surface area contributed by atoms with E-state index in [-0.39, 0.29) is 24.4 Å². The van der Waals surface area contributed by atoms with Crippen LogP contribution in [0.1, 0.15) is 12.8 Å². The fraction of sp³-hybridized carbons (Fsp3) is 0.316. The summed E-state index contributed by atoms with van der Waals surface area (Å²) in [5, 5.41) is 3.54. The number of anilines is 2. The molecule has 1 saturated heterocycles. The number of carbonyl (C=O) groups is 2. The summed E-state index contributed by atoms with van der Waals surface area (Å²) in [7, 11) is 0. The van der Waals surface area contributed by atoms with E-state index < -0.39 is 6.04 Å². The van der Waals surface area contributed by atoms with Crippen molar-refractivity contribution < 1.29 is 9.59 Å². The third kappa shape index (κ3) is 3.23. The number of nitrogens with zero attached hydrogens (tertiary/aromatic N) is 5. The fourth-order valence-corrected chi connectivity index (χ4v) is 4.46. The van der Waals surface area contributed by atoms with Gasteiger partial charge in [-0.2, -0.15) is 0 Å². The quantitative estimate of drug-likeness (QED) is 0.578. The van der Waals surface area contributed by atoms with Gasteiger partial charge in [-0.3, -0.25) is 9.59 Å². The number of amides is 2. The van der Waals surface area contributed by atoms with E-state index in [0.717, 1.165) is 6.42 Å². The van der Waals surface area contributed by atoms with E-state index >= 15 is 0 Å². The Morgan fingerprint density at radius 1 is 1.24 bits per heavy atom. The SMILES string of the molecule is Nc1ncnc2c1ccn2CC(=O)N1C2C[C@@H]2C[C@H]1C(=O)Nc1cccc(Br)n1. The fourth-order valence-electron chi connectivity index (χ4n) is 4.11. The summed E-state index contributed by atoms with van der Waals surface area (Å²) in [6, 6.07) is 6.75. The Kier molecular flexibility index (Phi) is 4.23. The highest BCUT2D eigenvalue weighted by atomic mass is 79.9. The normalized spacial score (nSPS) is 22.5. The van der Waals surface area contributed by atoms with Gasteiger partial charge in [-0.05, 0) is 52.9 Å². The van der Waals surface area contributed by atoms with Crippen LogP contribution in [0.5, 0.6) is 0 Å². The average molecular weight is 456 g/mol. The molecule has 0 bridgehead atoms. The van der Waals surface area contributed by atoms with Crippen LogP contribution in [0.25, 0.3) is 11.0 Å². The van der Waals surface area contributed by atoms with Gasteiger partial charge in [0.05, 0.1) is 5.39 Å². The van der Waals surface area contributed by atoms with Crippen molar-refractivity contribution in [3.63, 3.8) is 0 Å². The van der Waals surface area contributed by atoms with Gasteiger partial charge in [-0.25, -0.2) is 15.0 Å². The number of carbonyl (C=O) groups excluding carboxylic acids is 2. The summed E-state index contributed by atoms with van der Waals surface area (Å²) in [6.45, 7) is 0.0993. The minimum atomic E-state index is -0.492. The second-order valence-electron chi connectivity index (χ2n) is 7.39. The summed E-state index contributed by atoms with van der Waals surface area (Å²) in [5.41, 5.74) is 6.48. The summed E-state index contributed by atoms with van der Waals surface area (Å²) in [5.74, 6) is 0.918. The van der Waals surface area contributed by atoms with Crippen molar-refractivity contribution in [1.82, 2.24) is 24.4 Å². The smallest absolute Gasteiger partial charge is 0.248 e. The number of pyridine rings is 1. The van der Waals surface area contributed by atoms with Crippen molar-refractivity contribution in [2.45, 2.75) is 31.5 Å². The van der Waals surface area contributed by atoms with Gasteiger partial charge in [0.2, 0.25) is 11.8 Å². The molecule has 3 N–H and O–H groups in total. The molecule has 1 aliphatic heterocycles. The highest BCUT2D eigenvalue weighted by molar-refractivity contribution is 9.10. The Hall–Kier alpha value is -3.01. The predicted molar refractivity (Wildman–Crippen MR) is 110 cm³/mol. The van der Waals surface area contributed by atoms with Crippen LogP contribution in [-0.2, 0) is 16.1 Å². The Morgan fingerprint density at radius 3 is 2.93 bits per heavy atom. The van der Waals surface area contributed by atoms with E-state index in [0.29, 0.717) is 39.6 Å². The van der Waals surface area contributed by atoms with Gasteiger partial charge in [-0.1, -0.05) is 6.07 Å². The number of nitrogens with one attached hydrogen (secondary N) is 1. The summed E-state index contributed by atoms with van der Waals surface area (Å²) in [6.07, 6.45) is 4.78. The first-order valence-electron chi connectivity index (χ1n) is 9.31. The monoisotopic (exact) mass is 455 g/mol. The minimum absolute atomic E-state index is 0.0993. The number of rotatable bonds is 4. The van der Waals surface area contributed by atoms with Crippen LogP contribution in [0, 0.1) is 5.92 Å². The van der Waals surface area contributed by atoms with Crippen molar-refractivity contribution in [2.75, 3.05) is 11.1 Å². The Labute approximate surface area is 174 Å². The topological polar surface area (TPSA) is 119 Å². The molecule has 148 valence electrons. The zero-order chi connectivity index (χ0) is 20.1. The Bertz CT molecular complexity index is 1130. The Balaban J connectivity index is 1.35.